The summed E-state index contributed by atoms with van der Waals surface area (Å²) >= 11 is 6.90. The molecule has 0 bridgehead atoms. The molecule has 26 heavy (non-hydrogen) atoms. The van der Waals surface area contributed by atoms with Crippen LogP contribution in [0.3, 0.4) is 0 Å². The number of anilines is 1. The van der Waals surface area contributed by atoms with Gasteiger partial charge in [0.25, 0.3) is 5.56 Å². The van der Waals surface area contributed by atoms with Crippen LogP contribution in [-0.2, 0) is 0 Å². The summed E-state index contributed by atoms with van der Waals surface area (Å²) in [5.74, 6) is 0.146. The Morgan fingerprint density at radius 1 is 1.12 bits per heavy atom. The van der Waals surface area contributed by atoms with Crippen LogP contribution in [0.5, 0.6) is 0 Å². The molecule has 6 nitrogen and oxygen atoms in total. The third-order valence-corrected chi connectivity index (χ3v) is 4.83. The van der Waals surface area contributed by atoms with Crippen LogP contribution in [0.15, 0.2) is 67.4 Å². The topological polar surface area (TPSA) is 93.9 Å². The van der Waals surface area contributed by atoms with Crippen molar-refractivity contribution < 1.29 is 0 Å². The van der Waals surface area contributed by atoms with E-state index in [0.717, 1.165) is 14.5 Å². The number of H-pyrrole nitrogens is 1. The van der Waals surface area contributed by atoms with Gasteiger partial charge in [-0.1, -0.05) is 68.3 Å². The maximum Gasteiger partial charge on any atom is 0.270 e. The minimum atomic E-state index is -0.527. The van der Waals surface area contributed by atoms with E-state index in [1.165, 1.54) is 0 Å². The molecule has 8 heteroatoms. The van der Waals surface area contributed by atoms with Gasteiger partial charge in [-0.3, -0.25) is 9.78 Å². The van der Waals surface area contributed by atoms with Gasteiger partial charge in [0, 0.05) is 20.1 Å². The van der Waals surface area contributed by atoms with Gasteiger partial charge in [-0.15, -0.1) is 0 Å². The van der Waals surface area contributed by atoms with Gasteiger partial charge < -0.3 is 0 Å². The number of hydrogen-bond donors (Lipinski definition) is 2. The van der Waals surface area contributed by atoms with Gasteiger partial charge >= 0.3 is 0 Å². The van der Waals surface area contributed by atoms with Gasteiger partial charge in [-0.2, -0.15) is 10.4 Å². The summed E-state index contributed by atoms with van der Waals surface area (Å²) in [6.07, 6.45) is 1.59. The Kier molecular flexibility index (Phi) is 5.61. The minimum absolute atomic E-state index is 0.0423. The van der Waals surface area contributed by atoms with Crippen LogP contribution in [0.25, 0.3) is 11.3 Å². The molecule has 0 spiro atoms. The van der Waals surface area contributed by atoms with Gasteiger partial charge in [0.1, 0.15) is 11.6 Å². The molecule has 3 rings (SSSR count). The first-order valence-electron chi connectivity index (χ1n) is 7.43. The highest BCUT2D eigenvalue weighted by atomic mass is 79.9. The van der Waals surface area contributed by atoms with Crippen LogP contribution >= 0.6 is 31.9 Å². The highest BCUT2D eigenvalue weighted by Gasteiger charge is 2.12. The maximum absolute atomic E-state index is 12.2. The predicted molar refractivity (Wildman–Crippen MR) is 108 cm³/mol. The Morgan fingerprint density at radius 3 is 2.46 bits per heavy atom. The number of hydrogen-bond acceptors (Lipinski definition) is 5. The lowest BCUT2D eigenvalue weighted by Gasteiger charge is -2.06. The molecule has 0 aliphatic rings. The Balaban J connectivity index is 1.95. The average molecular weight is 473 g/mol. The zero-order valence-corrected chi connectivity index (χ0v) is 16.4. The molecular weight excluding hydrogens is 462 g/mol. The fraction of sp³-hybridized carbons (Fsp3) is 0. The van der Waals surface area contributed by atoms with Crippen molar-refractivity contribution in [1.82, 2.24) is 9.97 Å². The molecular formula is C18H11Br2N5O. The van der Waals surface area contributed by atoms with E-state index in [1.807, 2.05) is 42.5 Å². The number of nitrogens with one attached hydrogen (secondary N) is 2. The van der Waals surface area contributed by atoms with E-state index in [9.17, 15) is 10.1 Å². The summed E-state index contributed by atoms with van der Waals surface area (Å²) in [4.78, 5) is 19.0. The third-order valence-electron chi connectivity index (χ3n) is 3.44. The molecule has 1 heterocycles. The summed E-state index contributed by atoms with van der Waals surface area (Å²) in [6, 6.07) is 16.6. The summed E-state index contributed by atoms with van der Waals surface area (Å²) in [5, 5.41) is 13.4. The average Bonchev–Trinajstić information content (AvgIpc) is 2.64. The van der Waals surface area contributed by atoms with Crippen LogP contribution in [0.2, 0.25) is 0 Å². The number of aromatic nitrogens is 2. The Morgan fingerprint density at radius 2 is 1.81 bits per heavy atom. The van der Waals surface area contributed by atoms with Gasteiger partial charge in [0.15, 0.2) is 0 Å². The first-order chi connectivity index (χ1) is 12.6. The molecule has 0 aliphatic carbocycles. The monoisotopic (exact) mass is 471 g/mol. The van der Waals surface area contributed by atoms with Crippen LogP contribution in [0, 0.1) is 11.3 Å². The van der Waals surface area contributed by atoms with E-state index in [4.69, 9.17) is 0 Å². The molecule has 1 aromatic heterocycles. The van der Waals surface area contributed by atoms with Gasteiger partial charge in [0.05, 0.1) is 11.9 Å². The van der Waals surface area contributed by atoms with Crippen LogP contribution in [0.4, 0.5) is 5.95 Å². The van der Waals surface area contributed by atoms with Crippen LogP contribution in [0.1, 0.15) is 11.1 Å². The second-order valence-corrected chi connectivity index (χ2v) is 6.83. The lowest BCUT2D eigenvalue weighted by molar-refractivity contribution is 1.08. The molecule has 0 radical (unpaired) electrons. The Labute approximate surface area is 165 Å². The molecule has 0 atom stereocenters. The van der Waals surface area contributed by atoms with Gasteiger partial charge in [-0.25, -0.2) is 10.4 Å². The number of nitriles is 1. The minimum Gasteiger partial charge on any atom is -0.290 e. The number of nitrogens with zero attached hydrogens (tertiary/aromatic N) is 3. The van der Waals surface area contributed by atoms with Crippen molar-refractivity contribution in [1.29, 1.82) is 5.26 Å². The first kappa shape index (κ1) is 18.0. The number of aromatic amines is 1. The molecule has 0 amide bonds. The van der Waals surface area contributed by atoms with Crippen molar-refractivity contribution in [2.75, 3.05) is 5.43 Å². The Bertz CT molecular complexity index is 1050. The highest BCUT2D eigenvalue weighted by molar-refractivity contribution is 9.11. The second kappa shape index (κ2) is 8.08. The van der Waals surface area contributed by atoms with E-state index in [1.54, 1.807) is 18.3 Å². The Hall–Kier alpha value is -2.76. The largest absolute Gasteiger partial charge is 0.290 e. The molecule has 2 N–H and O–H groups in total. The quantitative estimate of drug-likeness (QED) is 0.437. The maximum atomic E-state index is 12.2. The molecule has 0 unspecified atom stereocenters. The van der Waals surface area contributed by atoms with Crippen LogP contribution < -0.4 is 11.0 Å². The van der Waals surface area contributed by atoms with E-state index < -0.39 is 5.56 Å². The number of rotatable bonds is 4. The lowest BCUT2D eigenvalue weighted by Crippen LogP contribution is -2.16. The fourth-order valence-electron chi connectivity index (χ4n) is 2.23. The standard InChI is InChI=1S/C18H11Br2N5O/c19-14-7-4-8-15(20)13(14)10-22-25-18-23-16(11-5-2-1-3-6-11)12(9-21)17(26)24-18/h1-8,10H,(H2,23,24,25,26). The van der Waals surface area contributed by atoms with Crippen molar-refractivity contribution in [2.24, 2.45) is 5.10 Å². The first-order valence-corrected chi connectivity index (χ1v) is 9.01. The SMILES string of the molecule is N#Cc1c(-c2ccccc2)nc(NN=Cc2c(Br)cccc2Br)[nH]c1=O. The van der Waals surface area contributed by atoms with Gasteiger partial charge in [-0.05, 0) is 12.1 Å². The van der Waals surface area contributed by atoms with E-state index >= 15 is 0 Å². The second-order valence-electron chi connectivity index (χ2n) is 5.12. The van der Waals surface area contributed by atoms with Crippen molar-refractivity contribution in [2.45, 2.75) is 0 Å². The van der Waals surface area contributed by atoms with E-state index in [2.05, 4.69) is 52.4 Å². The van der Waals surface area contributed by atoms with Gasteiger partial charge in [0.2, 0.25) is 5.95 Å². The molecule has 0 fully saturated rings. The number of benzene rings is 2. The summed E-state index contributed by atoms with van der Waals surface area (Å²) < 4.78 is 1.73. The van der Waals surface area contributed by atoms with E-state index in [0.29, 0.717) is 11.3 Å². The molecule has 3 aromatic rings. The smallest absolute Gasteiger partial charge is 0.270 e. The van der Waals surface area contributed by atoms with Crippen molar-refractivity contribution in [3.63, 3.8) is 0 Å². The normalized spacial score (nSPS) is 10.7. The molecule has 128 valence electrons. The zero-order valence-electron chi connectivity index (χ0n) is 13.2. The van der Waals surface area contributed by atoms with Crippen molar-refractivity contribution >= 4 is 44.0 Å². The van der Waals surface area contributed by atoms with Crippen molar-refractivity contribution in [3.05, 3.63) is 79.0 Å². The molecule has 0 aliphatic heterocycles. The number of halogens is 2. The highest BCUT2D eigenvalue weighted by Crippen LogP contribution is 2.23. The van der Waals surface area contributed by atoms with Crippen molar-refractivity contribution in [3.8, 4) is 17.3 Å². The summed E-state index contributed by atoms with van der Waals surface area (Å²) in [5.41, 5.74) is 3.94. The predicted octanol–water partition coefficient (Wildman–Crippen LogP) is 4.28. The lowest BCUT2D eigenvalue weighted by atomic mass is 10.1. The third kappa shape index (κ3) is 3.90. The summed E-state index contributed by atoms with van der Waals surface area (Å²) in [6.45, 7) is 0. The van der Waals surface area contributed by atoms with E-state index in [-0.39, 0.29) is 11.5 Å². The number of hydrazone groups is 1. The molecule has 0 saturated heterocycles. The molecule has 0 saturated carbocycles. The summed E-state index contributed by atoms with van der Waals surface area (Å²) in [7, 11) is 0. The fourth-order valence-corrected chi connectivity index (χ4v) is 3.43. The van der Waals surface area contributed by atoms with Crippen LogP contribution in [-0.4, -0.2) is 16.2 Å². The molecule has 2 aromatic carbocycles. The zero-order chi connectivity index (χ0) is 18.5.